The van der Waals surface area contributed by atoms with Crippen LogP contribution < -0.4 is 0 Å². The van der Waals surface area contributed by atoms with E-state index in [1.54, 1.807) is 0 Å². The van der Waals surface area contributed by atoms with Crippen molar-refractivity contribution in [3.05, 3.63) is 0 Å². The Morgan fingerprint density at radius 3 is 2.47 bits per heavy atom. The second-order valence-corrected chi connectivity index (χ2v) is 8.15. The fourth-order valence-electron chi connectivity index (χ4n) is 4.80. The van der Waals surface area contributed by atoms with Gasteiger partial charge in [-0.25, -0.2) is 0 Å². The molecule has 3 fully saturated rings. The van der Waals surface area contributed by atoms with E-state index in [1.807, 2.05) is 0 Å². The fraction of sp³-hybridized carbons (Fsp3) is 0.941. The van der Waals surface area contributed by atoms with E-state index in [1.165, 1.54) is 38.5 Å². The minimum absolute atomic E-state index is 0.348. The first-order valence-electron chi connectivity index (χ1n) is 8.20. The molecule has 2 nitrogen and oxygen atoms in total. The molecule has 1 unspecified atom stereocenters. The summed E-state index contributed by atoms with van der Waals surface area (Å²) in [6.07, 6.45) is 8.69. The molecule has 0 aromatic carbocycles. The summed E-state index contributed by atoms with van der Waals surface area (Å²) < 4.78 is 0. The number of nitrogens with zero attached hydrogens (tertiary/aromatic N) is 1. The van der Waals surface area contributed by atoms with Gasteiger partial charge in [-0.05, 0) is 48.3 Å². The van der Waals surface area contributed by atoms with Gasteiger partial charge in [-0.15, -0.1) is 0 Å². The lowest BCUT2D eigenvalue weighted by atomic mass is 9.63. The molecule has 19 heavy (non-hydrogen) atoms. The Hall–Kier alpha value is -0.530. The number of carbonyl (C=O) groups is 1. The maximum atomic E-state index is 12.6. The quantitative estimate of drug-likeness (QED) is 0.741. The van der Waals surface area contributed by atoms with Gasteiger partial charge in [0.05, 0.1) is 0 Å². The minimum atomic E-state index is 0.348. The molecule has 3 rings (SSSR count). The fourth-order valence-corrected chi connectivity index (χ4v) is 4.80. The number of carbonyl (C=O) groups excluding carboxylic acids is 1. The second kappa shape index (κ2) is 4.49. The van der Waals surface area contributed by atoms with Crippen molar-refractivity contribution in [1.82, 2.24) is 4.90 Å². The molecule has 1 heterocycles. The lowest BCUT2D eigenvalue weighted by molar-refractivity contribution is -0.140. The predicted octanol–water partition coefficient (Wildman–Crippen LogP) is 3.85. The van der Waals surface area contributed by atoms with E-state index in [4.69, 9.17) is 0 Å². The first-order chi connectivity index (χ1) is 8.92. The van der Waals surface area contributed by atoms with Crippen molar-refractivity contribution in [2.24, 2.45) is 22.7 Å². The standard InChI is InChI=1S/C17H29NO/c1-16(2)14-8-9-17(16,3)12-18(11-14)15(19)10-13-6-4-5-7-13/h13-14H,4-12H2,1-3H3/t14?,17-/m1/s1. The molecule has 1 aliphatic heterocycles. The third kappa shape index (κ3) is 2.11. The topological polar surface area (TPSA) is 20.3 Å². The van der Waals surface area contributed by atoms with Crippen LogP contribution in [-0.4, -0.2) is 23.9 Å². The highest BCUT2D eigenvalue weighted by Gasteiger charge is 2.56. The van der Waals surface area contributed by atoms with Crippen molar-refractivity contribution in [2.75, 3.05) is 13.1 Å². The van der Waals surface area contributed by atoms with Gasteiger partial charge in [0.1, 0.15) is 0 Å². The van der Waals surface area contributed by atoms with Crippen LogP contribution in [0.25, 0.3) is 0 Å². The molecule has 1 saturated heterocycles. The lowest BCUT2D eigenvalue weighted by Crippen LogP contribution is -2.54. The molecule has 2 atom stereocenters. The maximum Gasteiger partial charge on any atom is 0.222 e. The molecule has 1 amide bonds. The molecule has 0 spiro atoms. The predicted molar refractivity (Wildman–Crippen MR) is 77.8 cm³/mol. The van der Waals surface area contributed by atoms with Gasteiger partial charge in [-0.2, -0.15) is 0 Å². The Kier molecular flexibility index (Phi) is 3.18. The second-order valence-electron chi connectivity index (χ2n) is 8.15. The zero-order valence-corrected chi connectivity index (χ0v) is 12.9. The van der Waals surface area contributed by atoms with E-state index >= 15 is 0 Å². The van der Waals surface area contributed by atoms with Crippen LogP contribution in [0, 0.1) is 22.7 Å². The van der Waals surface area contributed by atoms with Crippen LogP contribution in [0.15, 0.2) is 0 Å². The van der Waals surface area contributed by atoms with Crippen LogP contribution in [0.1, 0.15) is 65.7 Å². The highest BCUT2D eigenvalue weighted by Crippen LogP contribution is 2.59. The largest absolute Gasteiger partial charge is 0.342 e. The van der Waals surface area contributed by atoms with E-state index in [0.717, 1.165) is 25.4 Å². The maximum absolute atomic E-state index is 12.6. The third-order valence-corrected chi connectivity index (χ3v) is 6.89. The van der Waals surface area contributed by atoms with Gasteiger partial charge in [-0.1, -0.05) is 33.6 Å². The number of amides is 1. The molecule has 3 aliphatic rings. The molecule has 2 saturated carbocycles. The Morgan fingerprint density at radius 1 is 1.16 bits per heavy atom. The highest BCUT2D eigenvalue weighted by atomic mass is 16.2. The monoisotopic (exact) mass is 263 g/mol. The van der Waals surface area contributed by atoms with Crippen LogP contribution >= 0.6 is 0 Å². The molecule has 2 bridgehead atoms. The molecule has 2 heteroatoms. The van der Waals surface area contributed by atoms with Crippen LogP contribution in [0.5, 0.6) is 0 Å². The third-order valence-electron chi connectivity index (χ3n) is 6.89. The first kappa shape index (κ1) is 13.5. The molecular formula is C17H29NO. The summed E-state index contributed by atoms with van der Waals surface area (Å²) in [5.74, 6) is 1.85. The number of hydrogen-bond acceptors (Lipinski definition) is 1. The Bertz CT molecular complexity index is 369. The Morgan fingerprint density at radius 2 is 1.84 bits per heavy atom. The van der Waals surface area contributed by atoms with Gasteiger partial charge in [0.2, 0.25) is 5.91 Å². The summed E-state index contributed by atoms with van der Waals surface area (Å²) in [4.78, 5) is 14.8. The number of rotatable bonds is 2. The average Bonchev–Trinajstić information content (AvgIpc) is 2.84. The summed E-state index contributed by atoms with van der Waals surface area (Å²) in [5.41, 5.74) is 0.762. The Labute approximate surface area is 117 Å². The summed E-state index contributed by atoms with van der Waals surface area (Å²) in [5, 5.41) is 0. The summed E-state index contributed by atoms with van der Waals surface area (Å²) in [7, 11) is 0. The van der Waals surface area contributed by atoms with Crippen LogP contribution in [0.2, 0.25) is 0 Å². The van der Waals surface area contributed by atoms with Crippen molar-refractivity contribution in [3.63, 3.8) is 0 Å². The normalized spacial score (nSPS) is 37.8. The zero-order valence-electron chi connectivity index (χ0n) is 12.9. The number of likely N-dealkylation sites (tertiary alicyclic amines) is 1. The van der Waals surface area contributed by atoms with E-state index < -0.39 is 0 Å². The number of piperidine rings is 1. The van der Waals surface area contributed by atoms with E-state index in [0.29, 0.717) is 22.7 Å². The van der Waals surface area contributed by atoms with Crippen LogP contribution in [-0.2, 0) is 4.79 Å². The molecule has 0 aromatic heterocycles. The van der Waals surface area contributed by atoms with E-state index in [2.05, 4.69) is 25.7 Å². The van der Waals surface area contributed by atoms with Crippen molar-refractivity contribution in [1.29, 1.82) is 0 Å². The Balaban J connectivity index is 1.66. The van der Waals surface area contributed by atoms with Gasteiger partial charge in [-0.3, -0.25) is 4.79 Å². The van der Waals surface area contributed by atoms with Gasteiger partial charge in [0.25, 0.3) is 0 Å². The minimum Gasteiger partial charge on any atom is -0.342 e. The van der Waals surface area contributed by atoms with Gasteiger partial charge < -0.3 is 4.90 Å². The SMILES string of the molecule is CC1(C)C2CC[C@]1(C)CN(C(=O)CC1CCCC1)C2. The summed E-state index contributed by atoms with van der Waals surface area (Å²) >= 11 is 0. The summed E-state index contributed by atoms with van der Waals surface area (Å²) in [6, 6.07) is 0. The van der Waals surface area contributed by atoms with Crippen molar-refractivity contribution in [3.8, 4) is 0 Å². The van der Waals surface area contributed by atoms with Crippen molar-refractivity contribution in [2.45, 2.75) is 65.7 Å². The molecule has 0 aromatic rings. The van der Waals surface area contributed by atoms with Crippen LogP contribution in [0.3, 0.4) is 0 Å². The number of hydrogen-bond donors (Lipinski definition) is 0. The van der Waals surface area contributed by atoms with Crippen molar-refractivity contribution < 1.29 is 4.79 Å². The lowest BCUT2D eigenvalue weighted by Gasteiger charge is -2.50. The molecular weight excluding hydrogens is 234 g/mol. The molecule has 0 radical (unpaired) electrons. The van der Waals surface area contributed by atoms with Gasteiger partial charge in [0, 0.05) is 19.5 Å². The van der Waals surface area contributed by atoms with E-state index in [-0.39, 0.29) is 0 Å². The summed E-state index contributed by atoms with van der Waals surface area (Å²) in [6.45, 7) is 9.27. The number of fused-ring (bicyclic) bond motifs is 2. The van der Waals surface area contributed by atoms with Gasteiger partial charge in [0.15, 0.2) is 0 Å². The zero-order chi connectivity index (χ0) is 13.7. The average molecular weight is 263 g/mol. The highest BCUT2D eigenvalue weighted by molar-refractivity contribution is 5.76. The van der Waals surface area contributed by atoms with E-state index in [9.17, 15) is 4.79 Å². The van der Waals surface area contributed by atoms with Crippen molar-refractivity contribution >= 4 is 5.91 Å². The van der Waals surface area contributed by atoms with Crippen LogP contribution in [0.4, 0.5) is 0 Å². The molecule has 0 N–H and O–H groups in total. The van der Waals surface area contributed by atoms with Gasteiger partial charge >= 0.3 is 0 Å². The smallest absolute Gasteiger partial charge is 0.222 e. The first-order valence-corrected chi connectivity index (χ1v) is 8.20. The molecule has 2 aliphatic carbocycles. The molecule has 108 valence electrons.